The van der Waals surface area contributed by atoms with Crippen molar-refractivity contribution in [3.05, 3.63) is 42.1 Å². The smallest absolute Gasteiger partial charge is 0.326 e. The number of pyridine rings is 1. The first kappa shape index (κ1) is 21.2. The van der Waals surface area contributed by atoms with Crippen LogP contribution in [0.5, 0.6) is 0 Å². The first-order valence-corrected chi connectivity index (χ1v) is 10.7. The molecule has 0 aliphatic rings. The van der Waals surface area contributed by atoms with E-state index in [1.54, 1.807) is 11.8 Å². The van der Waals surface area contributed by atoms with Gasteiger partial charge in [-0.05, 0) is 24.3 Å². The molecule has 1 aromatic heterocycles. The first-order valence-electron chi connectivity index (χ1n) is 9.50. The van der Waals surface area contributed by atoms with Gasteiger partial charge >= 0.3 is 5.97 Å². The lowest BCUT2D eigenvalue weighted by Gasteiger charge is -2.20. The minimum absolute atomic E-state index is 0.200. The van der Waals surface area contributed by atoms with E-state index in [0.717, 1.165) is 35.2 Å². The van der Waals surface area contributed by atoms with E-state index in [1.165, 1.54) is 0 Å². The number of carbonyl (C=O) groups excluding carboxylic acids is 1. The molecule has 2 aromatic rings. The zero-order valence-electron chi connectivity index (χ0n) is 16.0. The summed E-state index contributed by atoms with van der Waals surface area (Å²) in [5, 5.41) is 13.2. The second kappa shape index (κ2) is 10.9. The molecule has 0 spiro atoms. The Kier molecular flexibility index (Phi) is 8.58. The number of carboxylic acid groups (broad SMARTS) is 1. The fourth-order valence-corrected chi connectivity index (χ4v) is 3.71. The van der Waals surface area contributed by atoms with E-state index in [0.29, 0.717) is 18.6 Å². The highest BCUT2D eigenvalue weighted by Crippen LogP contribution is 2.18. The molecule has 27 heavy (non-hydrogen) atoms. The molecule has 0 saturated carbocycles. The first-order chi connectivity index (χ1) is 13.0. The van der Waals surface area contributed by atoms with Gasteiger partial charge in [0.25, 0.3) is 0 Å². The molecule has 0 aliphatic heterocycles. The SMILES string of the molecule is CCCC[C@H](NC(=O)[C@@H](CSCC)Cc1ccc2ccccc2n1)C(=O)O. The number of hydrogen-bond acceptors (Lipinski definition) is 4. The highest BCUT2D eigenvalue weighted by Gasteiger charge is 2.25. The van der Waals surface area contributed by atoms with Crippen LogP contribution in [0.4, 0.5) is 0 Å². The number of aromatic nitrogens is 1. The third-order valence-corrected chi connectivity index (χ3v) is 5.51. The van der Waals surface area contributed by atoms with Crippen LogP contribution in [-0.2, 0) is 16.0 Å². The van der Waals surface area contributed by atoms with Crippen molar-refractivity contribution < 1.29 is 14.7 Å². The number of nitrogens with one attached hydrogen (secondary N) is 1. The zero-order chi connectivity index (χ0) is 19.6. The van der Waals surface area contributed by atoms with Gasteiger partial charge in [0.15, 0.2) is 0 Å². The Morgan fingerprint density at radius 2 is 1.96 bits per heavy atom. The van der Waals surface area contributed by atoms with Gasteiger partial charge in [0, 0.05) is 23.3 Å². The predicted octanol–water partition coefficient (Wildman–Crippen LogP) is 3.91. The number of hydrogen-bond donors (Lipinski definition) is 2. The monoisotopic (exact) mass is 388 g/mol. The summed E-state index contributed by atoms with van der Waals surface area (Å²) in [4.78, 5) is 28.9. The van der Waals surface area contributed by atoms with E-state index in [1.807, 2.05) is 43.3 Å². The van der Waals surface area contributed by atoms with E-state index in [9.17, 15) is 14.7 Å². The van der Waals surface area contributed by atoms with Crippen LogP contribution in [0.15, 0.2) is 36.4 Å². The van der Waals surface area contributed by atoms with Gasteiger partial charge in [-0.15, -0.1) is 0 Å². The lowest BCUT2D eigenvalue weighted by Crippen LogP contribution is -2.44. The summed E-state index contributed by atoms with van der Waals surface area (Å²) in [5.74, 6) is 0.0911. The Hall–Kier alpha value is -2.08. The molecule has 0 fully saturated rings. The normalized spacial score (nSPS) is 13.3. The van der Waals surface area contributed by atoms with Crippen LogP contribution in [0.3, 0.4) is 0 Å². The Morgan fingerprint density at radius 3 is 2.67 bits per heavy atom. The molecule has 0 bridgehead atoms. The summed E-state index contributed by atoms with van der Waals surface area (Å²) in [6.45, 7) is 4.06. The molecule has 0 unspecified atom stereocenters. The van der Waals surface area contributed by atoms with E-state index >= 15 is 0 Å². The quantitative estimate of drug-likeness (QED) is 0.610. The van der Waals surface area contributed by atoms with Gasteiger partial charge in [-0.3, -0.25) is 9.78 Å². The van der Waals surface area contributed by atoms with Crippen molar-refractivity contribution >= 4 is 34.5 Å². The minimum atomic E-state index is -0.970. The third-order valence-electron chi connectivity index (χ3n) is 4.47. The summed E-state index contributed by atoms with van der Waals surface area (Å²) in [6.07, 6.45) is 2.64. The number of thioether (sulfide) groups is 1. The number of carboxylic acids is 1. The second-order valence-corrected chi connectivity index (χ2v) is 7.92. The molecule has 5 nitrogen and oxygen atoms in total. The molecule has 0 aliphatic carbocycles. The van der Waals surface area contributed by atoms with E-state index < -0.39 is 12.0 Å². The zero-order valence-corrected chi connectivity index (χ0v) is 16.8. The molecule has 1 heterocycles. The number of amides is 1. The second-order valence-electron chi connectivity index (χ2n) is 6.60. The van der Waals surface area contributed by atoms with E-state index in [-0.39, 0.29) is 11.8 Å². The van der Waals surface area contributed by atoms with Gasteiger partial charge in [0.2, 0.25) is 5.91 Å². The van der Waals surface area contributed by atoms with Crippen molar-refractivity contribution in [3.8, 4) is 0 Å². The van der Waals surface area contributed by atoms with Crippen molar-refractivity contribution in [1.29, 1.82) is 0 Å². The molecular weight excluding hydrogens is 360 g/mol. The topological polar surface area (TPSA) is 79.3 Å². The lowest BCUT2D eigenvalue weighted by molar-refractivity contribution is -0.142. The number of benzene rings is 1. The number of carbonyl (C=O) groups is 2. The van der Waals surface area contributed by atoms with Crippen LogP contribution in [0.1, 0.15) is 38.8 Å². The largest absolute Gasteiger partial charge is 0.480 e. The molecule has 0 saturated heterocycles. The molecule has 6 heteroatoms. The maximum atomic E-state index is 12.8. The van der Waals surface area contributed by atoms with Crippen molar-refractivity contribution in [1.82, 2.24) is 10.3 Å². The molecular formula is C21H28N2O3S. The Balaban J connectivity index is 2.12. The summed E-state index contributed by atoms with van der Waals surface area (Å²) < 4.78 is 0. The molecule has 146 valence electrons. The standard InChI is InChI=1S/C21H28N2O3S/c1-3-5-9-19(21(25)26)23-20(24)16(14-27-4-2)13-17-12-11-15-8-6-7-10-18(15)22-17/h6-8,10-12,16,19H,3-5,9,13-14H2,1-2H3,(H,23,24)(H,25,26)/t16-,19+/m1/s1. The van der Waals surface area contributed by atoms with Crippen LogP contribution in [0.2, 0.25) is 0 Å². The van der Waals surface area contributed by atoms with E-state index in [2.05, 4.69) is 17.2 Å². The summed E-state index contributed by atoms with van der Waals surface area (Å²) in [5.41, 5.74) is 1.76. The number of rotatable bonds is 11. The third kappa shape index (κ3) is 6.54. The summed E-state index contributed by atoms with van der Waals surface area (Å²) >= 11 is 1.68. The number of fused-ring (bicyclic) bond motifs is 1. The molecule has 2 rings (SSSR count). The number of para-hydroxylation sites is 1. The number of aliphatic carboxylic acids is 1. The molecule has 1 aromatic carbocycles. The summed E-state index contributed by atoms with van der Waals surface area (Å²) in [6, 6.07) is 11.0. The average molecular weight is 389 g/mol. The maximum absolute atomic E-state index is 12.8. The number of nitrogens with zero attached hydrogens (tertiary/aromatic N) is 1. The predicted molar refractivity (Wildman–Crippen MR) is 111 cm³/mol. The minimum Gasteiger partial charge on any atom is -0.480 e. The highest BCUT2D eigenvalue weighted by molar-refractivity contribution is 7.99. The maximum Gasteiger partial charge on any atom is 0.326 e. The Bertz CT molecular complexity index is 766. The summed E-state index contributed by atoms with van der Waals surface area (Å²) in [7, 11) is 0. The lowest BCUT2D eigenvalue weighted by atomic mass is 10.0. The van der Waals surface area contributed by atoms with Gasteiger partial charge < -0.3 is 10.4 Å². The van der Waals surface area contributed by atoms with Crippen LogP contribution in [0.25, 0.3) is 10.9 Å². The average Bonchev–Trinajstić information content (AvgIpc) is 2.67. The van der Waals surface area contributed by atoms with Crippen molar-refractivity contribution in [3.63, 3.8) is 0 Å². The van der Waals surface area contributed by atoms with E-state index in [4.69, 9.17) is 0 Å². The van der Waals surface area contributed by atoms with Crippen LogP contribution in [0, 0.1) is 5.92 Å². The van der Waals surface area contributed by atoms with Crippen molar-refractivity contribution in [2.24, 2.45) is 5.92 Å². The number of unbranched alkanes of at least 4 members (excludes halogenated alkanes) is 1. The Labute approximate surface area is 165 Å². The van der Waals surface area contributed by atoms with Crippen LogP contribution < -0.4 is 5.32 Å². The molecule has 1 amide bonds. The Morgan fingerprint density at radius 1 is 1.19 bits per heavy atom. The molecule has 0 radical (unpaired) electrons. The fourth-order valence-electron chi connectivity index (χ4n) is 2.92. The van der Waals surface area contributed by atoms with Crippen molar-refractivity contribution in [2.75, 3.05) is 11.5 Å². The van der Waals surface area contributed by atoms with Gasteiger partial charge in [0.05, 0.1) is 11.4 Å². The van der Waals surface area contributed by atoms with Crippen molar-refractivity contribution in [2.45, 2.75) is 45.6 Å². The van der Waals surface area contributed by atoms with Gasteiger partial charge in [0.1, 0.15) is 6.04 Å². The van der Waals surface area contributed by atoms with Crippen LogP contribution >= 0.6 is 11.8 Å². The van der Waals surface area contributed by atoms with Gasteiger partial charge in [-0.1, -0.05) is 51.0 Å². The van der Waals surface area contributed by atoms with Gasteiger partial charge in [-0.25, -0.2) is 4.79 Å². The molecule has 2 atom stereocenters. The molecule has 2 N–H and O–H groups in total. The van der Waals surface area contributed by atoms with Gasteiger partial charge in [-0.2, -0.15) is 11.8 Å². The highest BCUT2D eigenvalue weighted by atomic mass is 32.2. The fraction of sp³-hybridized carbons (Fsp3) is 0.476. The van der Waals surface area contributed by atoms with Crippen LogP contribution in [-0.4, -0.2) is 39.5 Å².